The summed E-state index contributed by atoms with van der Waals surface area (Å²) in [5.74, 6) is 0. The van der Waals surface area contributed by atoms with Gasteiger partial charge in [0.05, 0.1) is 0 Å². The van der Waals surface area contributed by atoms with Crippen LogP contribution in [0.25, 0.3) is 0 Å². The maximum Gasteiger partial charge on any atom is 0.263 e. The van der Waals surface area contributed by atoms with Gasteiger partial charge in [0.25, 0.3) is 6.43 Å². The van der Waals surface area contributed by atoms with E-state index in [1.165, 1.54) is 12.1 Å². The highest BCUT2D eigenvalue weighted by Crippen LogP contribution is 2.24. The molecular weight excluding hydrogens is 182 g/mol. The number of benzene rings is 1. The Hall–Kier alpha value is -0.630. The predicted octanol–water partition coefficient (Wildman–Crippen LogP) is 3.84. The summed E-state index contributed by atoms with van der Waals surface area (Å²) < 4.78 is 24.4. The van der Waals surface area contributed by atoms with Crippen LogP contribution in [0.2, 0.25) is 5.02 Å². The molecule has 0 unspecified atom stereocenters. The van der Waals surface area contributed by atoms with Gasteiger partial charge in [-0.2, -0.15) is 0 Å². The molecule has 0 amide bonds. The van der Waals surface area contributed by atoms with Gasteiger partial charge in [0.1, 0.15) is 0 Å². The molecule has 0 heterocycles. The largest absolute Gasteiger partial charge is 0.263 e. The van der Waals surface area contributed by atoms with Crippen LogP contribution in [0, 0.1) is 0 Å². The molecule has 0 N–H and O–H groups in total. The van der Waals surface area contributed by atoms with Gasteiger partial charge in [-0.25, -0.2) is 8.78 Å². The first-order valence-electron chi connectivity index (χ1n) is 3.71. The number of alkyl halides is 2. The molecule has 0 nitrogen and oxygen atoms in total. The smallest absolute Gasteiger partial charge is 0.205 e. The SMILES string of the molecule is CCc1cc(Cl)cc(C(F)F)c1. The quantitative estimate of drug-likeness (QED) is 0.665. The summed E-state index contributed by atoms with van der Waals surface area (Å²) in [7, 11) is 0. The average molecular weight is 191 g/mol. The second kappa shape index (κ2) is 3.85. The summed E-state index contributed by atoms with van der Waals surface area (Å²) in [4.78, 5) is 0. The average Bonchev–Trinajstić information content (AvgIpc) is 2.03. The fourth-order valence-electron chi connectivity index (χ4n) is 1.01. The predicted molar refractivity (Wildman–Crippen MR) is 45.8 cm³/mol. The lowest BCUT2D eigenvalue weighted by Gasteiger charge is -2.03. The van der Waals surface area contributed by atoms with E-state index in [4.69, 9.17) is 11.6 Å². The third kappa shape index (κ3) is 2.18. The summed E-state index contributed by atoms with van der Waals surface area (Å²) in [6.45, 7) is 1.90. The molecule has 66 valence electrons. The van der Waals surface area contributed by atoms with Crippen molar-refractivity contribution in [1.29, 1.82) is 0 Å². The first kappa shape index (κ1) is 9.46. The van der Waals surface area contributed by atoms with Crippen LogP contribution in [0.4, 0.5) is 8.78 Å². The normalized spacial score (nSPS) is 10.8. The summed E-state index contributed by atoms with van der Waals surface area (Å²) in [6.07, 6.45) is -1.71. The first-order chi connectivity index (χ1) is 5.63. The lowest BCUT2D eigenvalue weighted by atomic mass is 10.1. The Morgan fingerprint density at radius 2 is 2.00 bits per heavy atom. The van der Waals surface area contributed by atoms with Gasteiger partial charge in [0.2, 0.25) is 0 Å². The van der Waals surface area contributed by atoms with Crippen LogP contribution < -0.4 is 0 Å². The molecule has 0 fully saturated rings. The van der Waals surface area contributed by atoms with Gasteiger partial charge in [-0.05, 0) is 24.1 Å². The zero-order valence-corrected chi connectivity index (χ0v) is 7.41. The van der Waals surface area contributed by atoms with Crippen molar-refractivity contribution in [3.8, 4) is 0 Å². The maximum atomic E-state index is 12.2. The van der Waals surface area contributed by atoms with Crippen molar-refractivity contribution in [2.45, 2.75) is 19.8 Å². The summed E-state index contributed by atoms with van der Waals surface area (Å²) in [6, 6.07) is 4.48. The molecule has 12 heavy (non-hydrogen) atoms. The minimum absolute atomic E-state index is 0.000602. The molecule has 1 aromatic rings. The number of aryl methyl sites for hydroxylation is 1. The van der Waals surface area contributed by atoms with Gasteiger partial charge in [-0.15, -0.1) is 0 Å². The fourth-order valence-corrected chi connectivity index (χ4v) is 1.27. The van der Waals surface area contributed by atoms with E-state index < -0.39 is 6.43 Å². The van der Waals surface area contributed by atoms with Crippen molar-refractivity contribution in [2.75, 3.05) is 0 Å². The number of hydrogen-bond donors (Lipinski definition) is 0. The third-order valence-electron chi connectivity index (χ3n) is 1.64. The van der Waals surface area contributed by atoms with E-state index in [-0.39, 0.29) is 5.56 Å². The molecular formula is C9H9ClF2. The number of rotatable bonds is 2. The van der Waals surface area contributed by atoms with E-state index in [1.807, 2.05) is 6.92 Å². The molecule has 0 radical (unpaired) electrons. The summed E-state index contributed by atoms with van der Waals surface area (Å²) in [5.41, 5.74) is 0.845. The monoisotopic (exact) mass is 190 g/mol. The van der Waals surface area contributed by atoms with Crippen LogP contribution in [-0.4, -0.2) is 0 Å². The number of halogens is 3. The fraction of sp³-hybridized carbons (Fsp3) is 0.333. The van der Waals surface area contributed by atoms with Crippen molar-refractivity contribution >= 4 is 11.6 Å². The van der Waals surface area contributed by atoms with Crippen LogP contribution in [0.5, 0.6) is 0 Å². The Bertz CT molecular complexity index is 271. The molecule has 0 aromatic heterocycles. The number of hydrogen-bond acceptors (Lipinski definition) is 0. The van der Waals surface area contributed by atoms with Crippen molar-refractivity contribution in [2.24, 2.45) is 0 Å². The van der Waals surface area contributed by atoms with Gasteiger partial charge in [0, 0.05) is 10.6 Å². The van der Waals surface area contributed by atoms with Gasteiger partial charge >= 0.3 is 0 Å². The van der Waals surface area contributed by atoms with Crippen molar-refractivity contribution < 1.29 is 8.78 Å². The lowest BCUT2D eigenvalue weighted by molar-refractivity contribution is 0.151. The maximum absolute atomic E-state index is 12.2. The van der Waals surface area contributed by atoms with E-state index in [0.29, 0.717) is 5.02 Å². The molecule has 1 aromatic carbocycles. The minimum Gasteiger partial charge on any atom is -0.205 e. The van der Waals surface area contributed by atoms with E-state index in [2.05, 4.69) is 0 Å². The van der Waals surface area contributed by atoms with Crippen LogP contribution in [0.3, 0.4) is 0 Å². The van der Waals surface area contributed by atoms with Gasteiger partial charge in [0.15, 0.2) is 0 Å². The van der Waals surface area contributed by atoms with Crippen LogP contribution >= 0.6 is 11.6 Å². The topological polar surface area (TPSA) is 0 Å². The molecule has 0 aliphatic rings. The Balaban J connectivity index is 3.06. The summed E-state index contributed by atoms with van der Waals surface area (Å²) in [5, 5.41) is 0.379. The highest BCUT2D eigenvalue weighted by Gasteiger charge is 2.08. The highest BCUT2D eigenvalue weighted by molar-refractivity contribution is 6.30. The standard InChI is InChI=1S/C9H9ClF2/c1-2-6-3-7(9(11)12)5-8(10)4-6/h3-5,9H,2H2,1H3. The van der Waals surface area contributed by atoms with E-state index in [1.54, 1.807) is 6.07 Å². The molecule has 0 aliphatic heterocycles. The Kier molecular flexibility index (Phi) is 3.04. The van der Waals surface area contributed by atoms with E-state index in [0.717, 1.165) is 12.0 Å². The first-order valence-corrected chi connectivity index (χ1v) is 4.08. The van der Waals surface area contributed by atoms with Gasteiger partial charge < -0.3 is 0 Å². The van der Waals surface area contributed by atoms with Crippen LogP contribution in [0.15, 0.2) is 18.2 Å². The molecule has 3 heteroatoms. The molecule has 0 atom stereocenters. The third-order valence-corrected chi connectivity index (χ3v) is 1.86. The van der Waals surface area contributed by atoms with Crippen molar-refractivity contribution in [1.82, 2.24) is 0 Å². The lowest BCUT2D eigenvalue weighted by Crippen LogP contribution is -1.87. The van der Waals surface area contributed by atoms with Crippen molar-refractivity contribution in [3.63, 3.8) is 0 Å². The Morgan fingerprint density at radius 1 is 1.33 bits per heavy atom. The second-order valence-corrected chi connectivity index (χ2v) is 2.98. The zero-order chi connectivity index (χ0) is 9.14. The second-order valence-electron chi connectivity index (χ2n) is 2.55. The van der Waals surface area contributed by atoms with Crippen LogP contribution in [-0.2, 0) is 6.42 Å². The minimum atomic E-state index is -2.44. The molecule has 0 saturated heterocycles. The zero-order valence-electron chi connectivity index (χ0n) is 6.65. The van der Waals surface area contributed by atoms with E-state index in [9.17, 15) is 8.78 Å². The van der Waals surface area contributed by atoms with Gasteiger partial charge in [-0.3, -0.25) is 0 Å². The summed E-state index contributed by atoms with van der Waals surface area (Å²) >= 11 is 5.64. The van der Waals surface area contributed by atoms with Crippen LogP contribution in [0.1, 0.15) is 24.5 Å². The van der Waals surface area contributed by atoms with E-state index >= 15 is 0 Å². The molecule has 1 rings (SSSR count). The molecule has 0 aliphatic carbocycles. The Morgan fingerprint density at radius 3 is 2.50 bits per heavy atom. The molecule has 0 saturated carbocycles. The molecule has 0 bridgehead atoms. The molecule has 0 spiro atoms. The van der Waals surface area contributed by atoms with Gasteiger partial charge in [-0.1, -0.05) is 24.6 Å². The highest BCUT2D eigenvalue weighted by atomic mass is 35.5. The Labute approximate surface area is 75.2 Å². The van der Waals surface area contributed by atoms with Crippen molar-refractivity contribution in [3.05, 3.63) is 34.3 Å².